The summed E-state index contributed by atoms with van der Waals surface area (Å²) in [5.41, 5.74) is 1.52. The first kappa shape index (κ1) is 35.2. The van der Waals surface area contributed by atoms with Crippen LogP contribution < -0.4 is 19.1 Å². The molecule has 0 spiro atoms. The fourth-order valence-corrected chi connectivity index (χ4v) is 6.52. The minimum absolute atomic E-state index is 0.0903. The van der Waals surface area contributed by atoms with Crippen molar-refractivity contribution in [1.29, 1.82) is 0 Å². The molecule has 0 saturated heterocycles. The highest BCUT2D eigenvalue weighted by Gasteiger charge is 2.35. The first-order valence-electron chi connectivity index (χ1n) is 14.8. The third kappa shape index (κ3) is 9.02. The van der Waals surface area contributed by atoms with Gasteiger partial charge in [-0.2, -0.15) is 0 Å². The van der Waals surface area contributed by atoms with E-state index in [1.165, 1.54) is 85.8 Å². The number of hydrogen-bond donors (Lipinski definition) is 1. The van der Waals surface area contributed by atoms with Gasteiger partial charge in [-0.3, -0.25) is 13.9 Å². The van der Waals surface area contributed by atoms with Crippen LogP contribution in [0.2, 0.25) is 5.02 Å². The third-order valence-electron chi connectivity index (χ3n) is 7.30. The molecule has 0 radical (unpaired) electrons. The maximum Gasteiger partial charge on any atom is 0.264 e. The zero-order valence-electron chi connectivity index (χ0n) is 26.5. The van der Waals surface area contributed by atoms with Crippen LogP contribution in [-0.4, -0.2) is 58.0 Å². The van der Waals surface area contributed by atoms with E-state index in [-0.39, 0.29) is 35.3 Å². The lowest BCUT2D eigenvalue weighted by molar-refractivity contribution is -0.140. The molecule has 248 valence electrons. The number of nitrogens with zero attached hydrogens (tertiary/aromatic N) is 2. The van der Waals surface area contributed by atoms with Gasteiger partial charge in [-0.05, 0) is 73.5 Å². The fraction of sp³-hybridized carbons (Fsp3) is 0.257. The van der Waals surface area contributed by atoms with E-state index in [0.29, 0.717) is 16.3 Å². The second-order valence-electron chi connectivity index (χ2n) is 11.0. The number of carbonyl (C=O) groups is 2. The van der Waals surface area contributed by atoms with E-state index < -0.39 is 40.2 Å². The van der Waals surface area contributed by atoms with Crippen molar-refractivity contribution in [3.05, 3.63) is 119 Å². The lowest BCUT2D eigenvalue weighted by Gasteiger charge is -2.34. The van der Waals surface area contributed by atoms with Crippen molar-refractivity contribution in [2.75, 3.05) is 25.1 Å². The van der Waals surface area contributed by atoms with Crippen LogP contribution in [0.1, 0.15) is 25.0 Å². The van der Waals surface area contributed by atoms with Crippen LogP contribution in [0, 0.1) is 5.82 Å². The number of benzene rings is 4. The molecule has 0 saturated carbocycles. The zero-order chi connectivity index (χ0) is 34.1. The highest BCUT2D eigenvalue weighted by molar-refractivity contribution is 7.92. The van der Waals surface area contributed by atoms with Crippen molar-refractivity contribution in [3.8, 4) is 11.5 Å². The maximum atomic E-state index is 14.5. The van der Waals surface area contributed by atoms with Gasteiger partial charge in [0.05, 0.1) is 24.8 Å². The molecule has 4 aromatic rings. The molecular weight excluding hydrogens is 645 g/mol. The van der Waals surface area contributed by atoms with Crippen LogP contribution in [0.3, 0.4) is 0 Å². The maximum absolute atomic E-state index is 14.5. The third-order valence-corrected chi connectivity index (χ3v) is 9.33. The smallest absolute Gasteiger partial charge is 0.264 e. The van der Waals surface area contributed by atoms with Gasteiger partial charge >= 0.3 is 0 Å². The molecule has 4 aromatic carbocycles. The van der Waals surface area contributed by atoms with Crippen LogP contribution in [0.4, 0.5) is 10.1 Å². The fourth-order valence-electron chi connectivity index (χ4n) is 4.96. The second-order valence-corrected chi connectivity index (χ2v) is 13.3. The molecule has 0 fully saturated rings. The summed E-state index contributed by atoms with van der Waals surface area (Å²) in [6, 6.07) is 23.6. The van der Waals surface area contributed by atoms with Crippen LogP contribution >= 0.6 is 11.6 Å². The van der Waals surface area contributed by atoms with Crippen molar-refractivity contribution in [3.63, 3.8) is 0 Å². The van der Waals surface area contributed by atoms with E-state index in [0.717, 1.165) is 9.87 Å². The van der Waals surface area contributed by atoms with Crippen LogP contribution in [0.5, 0.6) is 11.5 Å². The highest BCUT2D eigenvalue weighted by Crippen LogP contribution is 2.33. The Bertz CT molecular complexity index is 1770. The molecule has 0 aliphatic rings. The Balaban J connectivity index is 1.82. The summed E-state index contributed by atoms with van der Waals surface area (Å²) in [5, 5.41) is 3.27. The summed E-state index contributed by atoms with van der Waals surface area (Å²) < 4.78 is 54.0. The molecule has 0 bridgehead atoms. The summed E-state index contributed by atoms with van der Waals surface area (Å²) in [6.07, 6.45) is 0.149. The second kappa shape index (κ2) is 15.8. The van der Waals surface area contributed by atoms with Crippen molar-refractivity contribution in [1.82, 2.24) is 10.2 Å². The monoisotopic (exact) mass is 681 g/mol. The minimum atomic E-state index is -4.40. The zero-order valence-corrected chi connectivity index (χ0v) is 28.1. The molecule has 1 atom stereocenters. The first-order chi connectivity index (χ1) is 22.4. The Labute approximate surface area is 279 Å². The Morgan fingerprint density at radius 2 is 1.49 bits per heavy atom. The van der Waals surface area contributed by atoms with Crippen molar-refractivity contribution in [2.45, 2.75) is 43.8 Å². The first-order valence-corrected chi connectivity index (χ1v) is 16.6. The molecule has 12 heteroatoms. The summed E-state index contributed by atoms with van der Waals surface area (Å²) >= 11 is 6.13. The molecule has 2 amide bonds. The Morgan fingerprint density at radius 3 is 2.09 bits per heavy atom. The molecule has 4 rings (SSSR count). The molecular formula is C35H37ClFN3O6S. The predicted molar refractivity (Wildman–Crippen MR) is 180 cm³/mol. The van der Waals surface area contributed by atoms with Crippen LogP contribution in [-0.2, 0) is 32.6 Å². The van der Waals surface area contributed by atoms with E-state index in [2.05, 4.69) is 5.32 Å². The summed E-state index contributed by atoms with van der Waals surface area (Å²) in [6.45, 7) is 2.86. The van der Waals surface area contributed by atoms with E-state index in [9.17, 15) is 22.4 Å². The molecule has 1 N–H and O–H groups in total. The number of amides is 2. The van der Waals surface area contributed by atoms with E-state index in [4.69, 9.17) is 21.1 Å². The summed E-state index contributed by atoms with van der Waals surface area (Å²) in [5.74, 6) is -1.03. The number of methoxy groups -OCH3 is 2. The molecule has 1 unspecified atom stereocenters. The average molecular weight is 682 g/mol. The number of nitrogens with one attached hydrogen (secondary N) is 1. The standard InChI is InChI=1S/C35H37ClFN3O6S/c1-24(2)38-35(42)31(20-25-8-6-5-7-9-25)39(22-26-10-14-28(37)15-11-26)34(41)23-40(29-16-12-27(36)13-17-29)47(43,44)30-18-19-32(45-3)33(21-30)46-4/h5-19,21,24,31H,20,22-23H2,1-4H3,(H,38,42). The summed E-state index contributed by atoms with van der Waals surface area (Å²) in [4.78, 5) is 29.4. The lowest BCUT2D eigenvalue weighted by atomic mass is 10.0. The number of anilines is 1. The molecule has 9 nitrogen and oxygen atoms in total. The van der Waals surface area contributed by atoms with Gasteiger partial charge in [0, 0.05) is 30.1 Å². The number of rotatable bonds is 14. The molecule has 0 aliphatic carbocycles. The normalized spacial score (nSPS) is 11.9. The van der Waals surface area contributed by atoms with Crippen molar-refractivity contribution in [2.24, 2.45) is 0 Å². The number of carbonyl (C=O) groups excluding carboxylic acids is 2. The topological polar surface area (TPSA) is 105 Å². The van der Waals surface area contributed by atoms with Crippen LogP contribution in [0.15, 0.2) is 102 Å². The largest absolute Gasteiger partial charge is 0.493 e. The van der Waals surface area contributed by atoms with Gasteiger partial charge in [0.1, 0.15) is 18.4 Å². The van der Waals surface area contributed by atoms with E-state index in [1.54, 1.807) is 0 Å². The SMILES string of the molecule is COc1ccc(S(=O)(=O)N(CC(=O)N(Cc2ccc(F)cc2)C(Cc2ccccc2)C(=O)NC(C)C)c2ccc(Cl)cc2)cc1OC. The van der Waals surface area contributed by atoms with Gasteiger partial charge < -0.3 is 19.7 Å². The van der Waals surface area contributed by atoms with Gasteiger partial charge in [-0.1, -0.05) is 54.1 Å². The number of hydrogen-bond acceptors (Lipinski definition) is 6. The Kier molecular flexibility index (Phi) is 11.8. The lowest BCUT2D eigenvalue weighted by Crippen LogP contribution is -2.54. The average Bonchev–Trinajstić information content (AvgIpc) is 3.06. The van der Waals surface area contributed by atoms with Gasteiger partial charge in [0.15, 0.2) is 11.5 Å². The predicted octanol–water partition coefficient (Wildman–Crippen LogP) is 5.86. The molecule has 0 heterocycles. The van der Waals surface area contributed by atoms with Crippen LogP contribution in [0.25, 0.3) is 0 Å². The molecule has 47 heavy (non-hydrogen) atoms. The van der Waals surface area contributed by atoms with Crippen molar-refractivity contribution < 1.29 is 31.9 Å². The van der Waals surface area contributed by atoms with Gasteiger partial charge in [-0.25, -0.2) is 12.8 Å². The van der Waals surface area contributed by atoms with Gasteiger partial charge in [-0.15, -0.1) is 0 Å². The van der Waals surface area contributed by atoms with E-state index >= 15 is 0 Å². The minimum Gasteiger partial charge on any atom is -0.493 e. The van der Waals surface area contributed by atoms with Gasteiger partial charge in [0.25, 0.3) is 10.0 Å². The quantitative estimate of drug-likeness (QED) is 0.179. The van der Waals surface area contributed by atoms with Gasteiger partial charge in [0.2, 0.25) is 11.8 Å². The number of ether oxygens (including phenoxy) is 2. The van der Waals surface area contributed by atoms with Crippen molar-refractivity contribution >= 4 is 39.1 Å². The number of sulfonamides is 1. The molecule has 0 aliphatic heterocycles. The number of halogens is 2. The van der Waals surface area contributed by atoms with E-state index in [1.807, 2.05) is 44.2 Å². The Morgan fingerprint density at radius 1 is 0.851 bits per heavy atom. The summed E-state index contributed by atoms with van der Waals surface area (Å²) in [7, 11) is -1.58. The highest BCUT2D eigenvalue weighted by atomic mass is 35.5. The Hall–Kier alpha value is -4.61. The molecule has 0 aromatic heterocycles.